The molecule has 0 aliphatic carbocycles. The average Bonchev–Trinajstić information content (AvgIpc) is 3.02. The van der Waals surface area contributed by atoms with E-state index in [1.165, 1.54) is 0 Å². The van der Waals surface area contributed by atoms with Crippen molar-refractivity contribution in [3.8, 4) is 12.3 Å². The standard InChI is InChI=1S/C15H16BrClO2/c1-3-5-6-9(17)12-10-7-11-15(18-10)13(12)14(19-11)8(16)4-2/h1,5-6,9-13,15H,4,7H2,2H3/b6-5+,14-8-/t9-,10-,11-,12-,13-,15+/m1/s1. The molecule has 0 radical (unpaired) electrons. The van der Waals surface area contributed by atoms with E-state index in [2.05, 4.69) is 28.8 Å². The molecule has 3 rings (SSSR count). The molecule has 0 spiro atoms. The molecule has 2 nitrogen and oxygen atoms in total. The highest BCUT2D eigenvalue weighted by Gasteiger charge is 2.63. The lowest BCUT2D eigenvalue weighted by Crippen LogP contribution is -2.34. The van der Waals surface area contributed by atoms with Gasteiger partial charge in [0.15, 0.2) is 0 Å². The quantitative estimate of drug-likeness (QED) is 0.576. The minimum atomic E-state index is -0.106. The van der Waals surface area contributed by atoms with Crippen LogP contribution in [-0.4, -0.2) is 23.7 Å². The Morgan fingerprint density at radius 2 is 2.42 bits per heavy atom. The third-order valence-corrected chi connectivity index (χ3v) is 5.65. The maximum Gasteiger partial charge on any atom is 0.128 e. The monoisotopic (exact) mass is 342 g/mol. The third-order valence-electron chi connectivity index (χ3n) is 4.26. The van der Waals surface area contributed by atoms with E-state index in [0.717, 1.165) is 23.1 Å². The van der Waals surface area contributed by atoms with Crippen molar-refractivity contribution in [2.24, 2.45) is 11.8 Å². The highest BCUT2D eigenvalue weighted by molar-refractivity contribution is 9.11. The summed E-state index contributed by atoms with van der Waals surface area (Å²) in [6.07, 6.45) is 11.3. The van der Waals surface area contributed by atoms with Gasteiger partial charge in [0.2, 0.25) is 0 Å². The number of hydrogen-bond acceptors (Lipinski definition) is 2. The van der Waals surface area contributed by atoms with Crippen LogP contribution in [-0.2, 0) is 9.47 Å². The first-order chi connectivity index (χ1) is 9.17. The molecule has 3 aliphatic rings. The summed E-state index contributed by atoms with van der Waals surface area (Å²) in [4.78, 5) is 0. The minimum absolute atomic E-state index is 0.106. The number of fused-ring (bicyclic) bond motifs is 1. The molecule has 3 saturated heterocycles. The summed E-state index contributed by atoms with van der Waals surface area (Å²) in [6.45, 7) is 2.11. The Labute approximate surface area is 127 Å². The van der Waals surface area contributed by atoms with E-state index in [9.17, 15) is 0 Å². The van der Waals surface area contributed by atoms with E-state index < -0.39 is 0 Å². The average molecular weight is 344 g/mol. The van der Waals surface area contributed by atoms with Gasteiger partial charge in [-0.25, -0.2) is 0 Å². The van der Waals surface area contributed by atoms with Gasteiger partial charge in [-0.1, -0.05) is 34.9 Å². The molecule has 0 N–H and O–H groups in total. The third kappa shape index (κ3) is 2.05. The molecule has 0 unspecified atom stereocenters. The van der Waals surface area contributed by atoms with Crippen molar-refractivity contribution < 1.29 is 9.47 Å². The summed E-state index contributed by atoms with van der Waals surface area (Å²) in [7, 11) is 0. The summed E-state index contributed by atoms with van der Waals surface area (Å²) in [5, 5.41) is -0.106. The Hall–Kier alpha value is -0.430. The number of terminal acetylenes is 1. The smallest absolute Gasteiger partial charge is 0.128 e. The Morgan fingerprint density at radius 3 is 3.11 bits per heavy atom. The van der Waals surface area contributed by atoms with E-state index in [1.807, 2.05) is 6.08 Å². The Balaban J connectivity index is 1.91. The summed E-state index contributed by atoms with van der Waals surface area (Å²) < 4.78 is 13.2. The fourth-order valence-electron chi connectivity index (χ4n) is 3.50. The zero-order valence-corrected chi connectivity index (χ0v) is 13.0. The SMILES string of the molecule is C#C/C=C/[C@@H](Cl)[C@H]1[C@@H]2/C(=C(/Br)CC)O[C@@H]3C[C@H]1O[C@H]23. The molecule has 0 saturated carbocycles. The van der Waals surface area contributed by atoms with Gasteiger partial charge in [0.25, 0.3) is 0 Å². The molecule has 0 aromatic heterocycles. The van der Waals surface area contributed by atoms with Crippen molar-refractivity contribution in [2.45, 2.75) is 43.5 Å². The molecule has 0 aromatic rings. The molecule has 0 amide bonds. The van der Waals surface area contributed by atoms with Gasteiger partial charge in [-0.05, 0) is 12.5 Å². The fraction of sp³-hybridized carbons (Fsp3) is 0.600. The van der Waals surface area contributed by atoms with Gasteiger partial charge in [0, 0.05) is 16.8 Å². The summed E-state index contributed by atoms with van der Waals surface area (Å²) >= 11 is 10.1. The van der Waals surface area contributed by atoms with Crippen molar-refractivity contribution >= 4 is 27.5 Å². The van der Waals surface area contributed by atoms with Crippen LogP contribution in [0.4, 0.5) is 0 Å². The van der Waals surface area contributed by atoms with Crippen molar-refractivity contribution in [3.63, 3.8) is 0 Å². The molecular formula is C15H16BrClO2. The second kappa shape index (κ2) is 5.16. The van der Waals surface area contributed by atoms with E-state index >= 15 is 0 Å². The van der Waals surface area contributed by atoms with Crippen molar-refractivity contribution in [1.29, 1.82) is 0 Å². The molecule has 4 heteroatoms. The maximum atomic E-state index is 6.51. The highest BCUT2D eigenvalue weighted by Crippen LogP contribution is 2.56. The van der Waals surface area contributed by atoms with Crippen molar-refractivity contribution in [3.05, 3.63) is 22.4 Å². The molecule has 102 valence electrons. The zero-order valence-electron chi connectivity index (χ0n) is 10.7. The van der Waals surface area contributed by atoms with Crippen LogP contribution >= 0.6 is 27.5 Å². The molecule has 19 heavy (non-hydrogen) atoms. The number of allylic oxidation sites excluding steroid dienone is 3. The normalized spacial score (nSPS) is 43.4. The number of ether oxygens (including phenoxy) is 2. The van der Waals surface area contributed by atoms with Crippen molar-refractivity contribution in [1.82, 2.24) is 0 Å². The Kier molecular flexibility index (Phi) is 3.68. The topological polar surface area (TPSA) is 18.5 Å². The van der Waals surface area contributed by atoms with Crippen LogP contribution in [0.25, 0.3) is 0 Å². The van der Waals surface area contributed by atoms with Crippen LogP contribution < -0.4 is 0 Å². The van der Waals surface area contributed by atoms with Crippen LogP contribution in [0.3, 0.4) is 0 Å². The van der Waals surface area contributed by atoms with E-state index in [1.54, 1.807) is 6.08 Å². The second-order valence-corrected chi connectivity index (χ2v) is 6.69. The second-order valence-electron chi connectivity index (χ2n) is 5.23. The van der Waals surface area contributed by atoms with Crippen LogP contribution in [0.1, 0.15) is 19.8 Å². The number of hydrogen-bond donors (Lipinski definition) is 0. The molecule has 3 aliphatic heterocycles. The summed E-state index contributed by atoms with van der Waals surface area (Å²) in [5.74, 6) is 4.06. The van der Waals surface area contributed by atoms with Gasteiger partial charge in [0.1, 0.15) is 18.0 Å². The van der Waals surface area contributed by atoms with Gasteiger partial charge in [0.05, 0.1) is 17.4 Å². The lowest BCUT2D eigenvalue weighted by atomic mass is 9.77. The summed E-state index contributed by atoms with van der Waals surface area (Å²) in [5.41, 5.74) is 0. The maximum absolute atomic E-state index is 6.51. The molecular weight excluding hydrogens is 328 g/mol. The Bertz CT molecular complexity index is 477. The largest absolute Gasteiger partial charge is 0.491 e. The van der Waals surface area contributed by atoms with Crippen LogP contribution in [0.5, 0.6) is 0 Å². The molecule has 0 aromatic carbocycles. The fourth-order valence-corrected chi connectivity index (χ4v) is 4.25. The predicted molar refractivity (Wildman–Crippen MR) is 79.0 cm³/mol. The van der Waals surface area contributed by atoms with Gasteiger partial charge >= 0.3 is 0 Å². The van der Waals surface area contributed by atoms with Gasteiger partial charge < -0.3 is 9.47 Å². The van der Waals surface area contributed by atoms with E-state index in [4.69, 9.17) is 27.5 Å². The lowest BCUT2D eigenvalue weighted by Gasteiger charge is -2.25. The van der Waals surface area contributed by atoms with Gasteiger partial charge in [-0.3, -0.25) is 0 Å². The van der Waals surface area contributed by atoms with Gasteiger partial charge in [-0.2, -0.15) is 0 Å². The number of halogens is 2. The molecule has 2 bridgehead atoms. The number of alkyl halides is 1. The minimum Gasteiger partial charge on any atom is -0.491 e. The van der Waals surface area contributed by atoms with Crippen molar-refractivity contribution in [2.75, 3.05) is 0 Å². The molecule has 3 heterocycles. The first-order valence-electron chi connectivity index (χ1n) is 6.64. The predicted octanol–water partition coefficient (Wildman–Crippen LogP) is 3.60. The summed E-state index contributed by atoms with van der Waals surface area (Å²) in [6, 6.07) is 0. The van der Waals surface area contributed by atoms with E-state index in [-0.39, 0.29) is 35.5 Å². The zero-order chi connectivity index (χ0) is 13.6. The van der Waals surface area contributed by atoms with E-state index in [0.29, 0.717) is 0 Å². The first kappa shape index (κ1) is 13.5. The number of rotatable bonds is 3. The molecule has 6 atom stereocenters. The first-order valence-corrected chi connectivity index (χ1v) is 7.87. The highest BCUT2D eigenvalue weighted by atomic mass is 79.9. The van der Waals surface area contributed by atoms with Gasteiger partial charge in [-0.15, -0.1) is 18.0 Å². The van der Waals surface area contributed by atoms with Crippen LogP contribution in [0.2, 0.25) is 0 Å². The van der Waals surface area contributed by atoms with Crippen LogP contribution in [0, 0.1) is 24.2 Å². The Morgan fingerprint density at radius 1 is 1.63 bits per heavy atom. The molecule has 3 fully saturated rings. The van der Waals surface area contributed by atoms with Crippen LogP contribution in [0.15, 0.2) is 22.4 Å². The lowest BCUT2D eigenvalue weighted by molar-refractivity contribution is 0.0690.